The van der Waals surface area contributed by atoms with E-state index in [0.29, 0.717) is 12.8 Å². The van der Waals surface area contributed by atoms with Crippen LogP contribution in [0.2, 0.25) is 0 Å². The molecule has 2 atom stereocenters. The molecule has 14 heavy (non-hydrogen) atoms. The zero-order chi connectivity index (χ0) is 10.6. The van der Waals surface area contributed by atoms with Crippen LogP contribution in [0, 0.1) is 0 Å². The molecular formula is C10H16O4. The zero-order valence-corrected chi connectivity index (χ0v) is 8.36. The molecule has 4 nitrogen and oxygen atoms in total. The van der Waals surface area contributed by atoms with Crippen LogP contribution < -0.4 is 0 Å². The average Bonchev–Trinajstić information content (AvgIpc) is 2.16. The third-order valence-corrected chi connectivity index (χ3v) is 2.24. The van der Waals surface area contributed by atoms with Gasteiger partial charge < -0.3 is 14.6 Å². The Balaban J connectivity index is 2.45. The Kier molecular flexibility index (Phi) is 4.10. The molecular weight excluding hydrogens is 184 g/mol. The quantitative estimate of drug-likeness (QED) is 0.536. The predicted octanol–water partition coefficient (Wildman–Crippen LogP) is 0.646. The first-order chi connectivity index (χ1) is 6.65. The third-order valence-electron chi connectivity index (χ3n) is 2.24. The second-order valence-electron chi connectivity index (χ2n) is 3.50. The van der Waals surface area contributed by atoms with E-state index in [1.54, 1.807) is 0 Å². The maximum atomic E-state index is 11.0. The summed E-state index contributed by atoms with van der Waals surface area (Å²) in [5.41, 5.74) is 1.02. The number of hydrogen-bond donors (Lipinski definition) is 1. The van der Waals surface area contributed by atoms with Crippen molar-refractivity contribution in [3.63, 3.8) is 0 Å². The van der Waals surface area contributed by atoms with Gasteiger partial charge in [-0.3, -0.25) is 4.79 Å². The van der Waals surface area contributed by atoms with Crippen LogP contribution in [0.15, 0.2) is 12.2 Å². The van der Waals surface area contributed by atoms with Crippen LogP contribution in [0.3, 0.4) is 0 Å². The highest BCUT2D eigenvalue weighted by Crippen LogP contribution is 2.24. The molecule has 0 spiro atoms. The van der Waals surface area contributed by atoms with Crippen molar-refractivity contribution in [3.05, 3.63) is 12.2 Å². The van der Waals surface area contributed by atoms with E-state index in [4.69, 9.17) is 9.84 Å². The number of rotatable bonds is 3. The van der Waals surface area contributed by atoms with Crippen molar-refractivity contribution in [2.45, 2.75) is 31.5 Å². The van der Waals surface area contributed by atoms with Crippen molar-refractivity contribution in [2.75, 3.05) is 13.7 Å². The molecule has 0 bridgehead atoms. The molecule has 4 heteroatoms. The summed E-state index contributed by atoms with van der Waals surface area (Å²) in [4.78, 5) is 11.0. The lowest BCUT2D eigenvalue weighted by molar-refractivity contribution is -0.146. The van der Waals surface area contributed by atoms with Gasteiger partial charge in [-0.1, -0.05) is 12.2 Å². The van der Waals surface area contributed by atoms with E-state index < -0.39 is 0 Å². The third kappa shape index (κ3) is 3.12. The summed E-state index contributed by atoms with van der Waals surface area (Å²) in [5, 5.41) is 8.94. The number of hydrogen-bond acceptors (Lipinski definition) is 4. The molecule has 1 saturated heterocycles. The maximum absolute atomic E-state index is 11.0. The van der Waals surface area contributed by atoms with Crippen LogP contribution in [0.1, 0.15) is 19.3 Å². The van der Waals surface area contributed by atoms with Gasteiger partial charge in [-0.05, 0) is 12.8 Å². The van der Waals surface area contributed by atoms with Crippen molar-refractivity contribution < 1.29 is 19.4 Å². The Morgan fingerprint density at radius 1 is 1.64 bits per heavy atom. The van der Waals surface area contributed by atoms with Crippen molar-refractivity contribution >= 4 is 5.97 Å². The topological polar surface area (TPSA) is 55.8 Å². The molecule has 0 aromatic heterocycles. The smallest absolute Gasteiger partial charge is 0.308 e. The summed E-state index contributed by atoms with van der Waals surface area (Å²) in [6.07, 6.45) is 1.16. The number of methoxy groups -OCH3 is 1. The van der Waals surface area contributed by atoms with Crippen LogP contribution in [0.4, 0.5) is 0 Å². The summed E-state index contributed by atoms with van der Waals surface area (Å²) < 4.78 is 10.0. The molecule has 0 aromatic rings. The van der Waals surface area contributed by atoms with Crippen molar-refractivity contribution in [3.8, 4) is 0 Å². The van der Waals surface area contributed by atoms with Gasteiger partial charge in [-0.25, -0.2) is 0 Å². The first kappa shape index (κ1) is 11.2. The number of esters is 1. The highest BCUT2D eigenvalue weighted by Gasteiger charge is 2.26. The highest BCUT2D eigenvalue weighted by molar-refractivity contribution is 5.69. The van der Waals surface area contributed by atoms with Crippen LogP contribution in [0.25, 0.3) is 0 Å². The lowest BCUT2D eigenvalue weighted by Gasteiger charge is -2.29. The van der Waals surface area contributed by atoms with Crippen LogP contribution in [-0.2, 0) is 14.3 Å². The predicted molar refractivity (Wildman–Crippen MR) is 50.8 cm³/mol. The minimum atomic E-state index is -0.290. The highest BCUT2D eigenvalue weighted by atomic mass is 16.5. The average molecular weight is 200 g/mol. The van der Waals surface area contributed by atoms with Gasteiger partial charge in [0.1, 0.15) is 0 Å². The molecule has 0 aliphatic carbocycles. The molecule has 0 aromatic carbocycles. The summed E-state index contributed by atoms with van der Waals surface area (Å²) in [7, 11) is 1.35. The van der Waals surface area contributed by atoms with E-state index in [1.807, 2.05) is 0 Å². The standard InChI is InChI=1S/C10H16O4/c1-7-3-8(5-10(12)13-2)14-9(4-7)6-11/h8-9,11H,1,3-6H2,2H3/t8-,9?/m0/s1. The summed E-state index contributed by atoms with van der Waals surface area (Å²) >= 11 is 0. The second kappa shape index (κ2) is 5.12. The first-order valence-corrected chi connectivity index (χ1v) is 4.65. The van der Waals surface area contributed by atoms with Crippen LogP contribution >= 0.6 is 0 Å². The van der Waals surface area contributed by atoms with Gasteiger partial charge in [0.05, 0.1) is 32.3 Å². The minimum Gasteiger partial charge on any atom is -0.469 e. The van der Waals surface area contributed by atoms with Crippen molar-refractivity contribution in [1.82, 2.24) is 0 Å². The number of aliphatic hydroxyl groups is 1. The summed E-state index contributed by atoms with van der Waals surface area (Å²) in [5.74, 6) is -0.290. The number of aliphatic hydroxyl groups excluding tert-OH is 1. The fourth-order valence-electron chi connectivity index (χ4n) is 1.59. The monoisotopic (exact) mass is 200 g/mol. The van der Waals surface area contributed by atoms with Crippen LogP contribution in [-0.4, -0.2) is 37.0 Å². The van der Waals surface area contributed by atoms with Crippen LogP contribution in [0.5, 0.6) is 0 Å². The number of carbonyl (C=O) groups is 1. The van der Waals surface area contributed by atoms with Gasteiger partial charge in [-0.2, -0.15) is 0 Å². The largest absolute Gasteiger partial charge is 0.469 e. The van der Waals surface area contributed by atoms with E-state index in [0.717, 1.165) is 5.57 Å². The van der Waals surface area contributed by atoms with Gasteiger partial charge in [-0.15, -0.1) is 0 Å². The Hall–Kier alpha value is -0.870. The minimum absolute atomic E-state index is 0.0311. The van der Waals surface area contributed by atoms with E-state index in [9.17, 15) is 4.79 Å². The lowest BCUT2D eigenvalue weighted by Crippen LogP contribution is -2.32. The van der Waals surface area contributed by atoms with Gasteiger partial charge in [0.25, 0.3) is 0 Å². The SMILES string of the molecule is C=C1CC(CO)O[C@H](CC(=O)OC)C1. The Labute approximate surface area is 83.5 Å². The summed E-state index contributed by atoms with van der Waals surface area (Å²) in [6.45, 7) is 3.82. The van der Waals surface area contributed by atoms with Gasteiger partial charge >= 0.3 is 5.97 Å². The molecule has 0 saturated carbocycles. The number of ether oxygens (including phenoxy) is 2. The lowest BCUT2D eigenvalue weighted by atomic mass is 9.98. The Morgan fingerprint density at radius 3 is 2.86 bits per heavy atom. The van der Waals surface area contributed by atoms with E-state index in [-0.39, 0.29) is 31.2 Å². The van der Waals surface area contributed by atoms with Gasteiger partial charge in [0, 0.05) is 0 Å². The van der Waals surface area contributed by atoms with E-state index >= 15 is 0 Å². The number of carbonyl (C=O) groups excluding carboxylic acids is 1. The molecule has 1 unspecified atom stereocenters. The Bertz CT molecular complexity index is 224. The normalized spacial score (nSPS) is 27.4. The molecule has 80 valence electrons. The summed E-state index contributed by atoms with van der Waals surface area (Å²) in [6, 6.07) is 0. The van der Waals surface area contributed by atoms with Crippen molar-refractivity contribution in [1.29, 1.82) is 0 Å². The Morgan fingerprint density at radius 2 is 2.29 bits per heavy atom. The second-order valence-corrected chi connectivity index (χ2v) is 3.50. The van der Waals surface area contributed by atoms with E-state index in [2.05, 4.69) is 11.3 Å². The molecule has 1 fully saturated rings. The molecule has 1 heterocycles. The molecule has 1 aliphatic heterocycles. The zero-order valence-electron chi connectivity index (χ0n) is 8.36. The molecule has 1 aliphatic rings. The van der Waals surface area contributed by atoms with Crippen molar-refractivity contribution in [2.24, 2.45) is 0 Å². The van der Waals surface area contributed by atoms with Gasteiger partial charge in [0.15, 0.2) is 0 Å². The first-order valence-electron chi connectivity index (χ1n) is 4.65. The maximum Gasteiger partial charge on any atom is 0.308 e. The van der Waals surface area contributed by atoms with Gasteiger partial charge in [0.2, 0.25) is 0 Å². The fourth-order valence-corrected chi connectivity index (χ4v) is 1.59. The molecule has 1 N–H and O–H groups in total. The molecule has 0 amide bonds. The molecule has 0 radical (unpaired) electrons. The van der Waals surface area contributed by atoms with E-state index in [1.165, 1.54) is 7.11 Å². The fraction of sp³-hybridized carbons (Fsp3) is 0.700. The molecule has 1 rings (SSSR count).